The Morgan fingerprint density at radius 3 is 1.18 bits per heavy atom. The van der Waals surface area contributed by atoms with Crippen molar-refractivity contribution in [2.45, 2.75) is 0 Å². The van der Waals surface area contributed by atoms with E-state index in [1.54, 1.807) is 0 Å². The van der Waals surface area contributed by atoms with Crippen LogP contribution in [0.3, 0.4) is 0 Å². The Balaban J connectivity index is 1.28. The van der Waals surface area contributed by atoms with Crippen molar-refractivity contribution in [2.75, 3.05) is 0 Å². The van der Waals surface area contributed by atoms with Crippen LogP contribution in [0.15, 0.2) is 211 Å². The van der Waals surface area contributed by atoms with Crippen LogP contribution in [0.1, 0.15) is 0 Å². The molecule has 0 bridgehead atoms. The van der Waals surface area contributed by atoms with E-state index in [0.717, 1.165) is 33.1 Å². The lowest BCUT2D eigenvalue weighted by atomic mass is 9.81. The molecule has 0 fully saturated rings. The summed E-state index contributed by atoms with van der Waals surface area (Å²) in [6, 6.07) is 74.6. The topological polar surface area (TPSA) is 13.1 Å². The molecule has 0 amide bonds. The molecule has 1 nitrogen and oxygen atoms in total. The first-order chi connectivity index (χ1) is 27.3. The molecule has 0 saturated carbocycles. The first kappa shape index (κ1) is 31.3. The van der Waals surface area contributed by atoms with Crippen LogP contribution in [0.2, 0.25) is 0 Å². The molecule has 0 atom stereocenters. The average molecular weight is 699 g/mol. The van der Waals surface area contributed by atoms with Crippen LogP contribution in [0.4, 0.5) is 0 Å². The molecule has 0 saturated heterocycles. The van der Waals surface area contributed by atoms with E-state index in [1.165, 1.54) is 76.8 Å². The largest absolute Gasteiger partial charge is 0.456 e. The lowest BCUT2D eigenvalue weighted by Gasteiger charge is -2.21. The van der Waals surface area contributed by atoms with E-state index in [0.29, 0.717) is 0 Å². The van der Waals surface area contributed by atoms with Gasteiger partial charge in [0.05, 0.1) is 0 Å². The number of hydrogen-bond acceptors (Lipinski definition) is 1. The number of benzene rings is 10. The first-order valence-corrected chi connectivity index (χ1v) is 18.9. The summed E-state index contributed by atoms with van der Waals surface area (Å²) in [6.45, 7) is 0. The van der Waals surface area contributed by atoms with E-state index < -0.39 is 0 Å². The van der Waals surface area contributed by atoms with E-state index >= 15 is 0 Å². The number of rotatable bonds is 5. The van der Waals surface area contributed by atoms with Crippen molar-refractivity contribution in [1.29, 1.82) is 0 Å². The van der Waals surface area contributed by atoms with E-state index in [9.17, 15) is 0 Å². The molecule has 0 aliphatic rings. The highest BCUT2D eigenvalue weighted by Crippen LogP contribution is 2.51. The van der Waals surface area contributed by atoms with Gasteiger partial charge >= 0.3 is 0 Å². The van der Waals surface area contributed by atoms with Crippen LogP contribution in [-0.4, -0.2) is 0 Å². The zero-order chi connectivity index (χ0) is 36.3. The van der Waals surface area contributed by atoms with E-state index in [-0.39, 0.29) is 0 Å². The van der Waals surface area contributed by atoms with Gasteiger partial charge in [-0.05, 0) is 94.5 Å². The monoisotopic (exact) mass is 698 g/mol. The van der Waals surface area contributed by atoms with Crippen LogP contribution < -0.4 is 0 Å². The number of hydrogen-bond donors (Lipinski definition) is 0. The van der Waals surface area contributed by atoms with Gasteiger partial charge in [-0.1, -0.05) is 194 Å². The molecule has 1 aromatic heterocycles. The Bertz CT molecular complexity index is 3170. The molecule has 0 aliphatic heterocycles. The Labute approximate surface area is 319 Å². The minimum atomic E-state index is 0.886. The molecule has 1 heterocycles. The summed E-state index contributed by atoms with van der Waals surface area (Å²) < 4.78 is 6.72. The molecule has 0 spiro atoms. The van der Waals surface area contributed by atoms with E-state index in [1.807, 2.05) is 0 Å². The molecule has 0 aliphatic carbocycles. The van der Waals surface area contributed by atoms with Crippen molar-refractivity contribution >= 4 is 54.3 Å². The minimum Gasteiger partial charge on any atom is -0.456 e. The van der Waals surface area contributed by atoms with Gasteiger partial charge in [0, 0.05) is 16.3 Å². The van der Waals surface area contributed by atoms with Crippen LogP contribution >= 0.6 is 0 Å². The number of para-hydroxylation sites is 1. The summed E-state index contributed by atoms with van der Waals surface area (Å²) >= 11 is 0. The van der Waals surface area contributed by atoms with Crippen molar-refractivity contribution in [3.63, 3.8) is 0 Å². The van der Waals surface area contributed by atoms with Gasteiger partial charge in [-0.25, -0.2) is 0 Å². The summed E-state index contributed by atoms with van der Waals surface area (Å²) in [5.74, 6) is 0. The highest BCUT2D eigenvalue weighted by atomic mass is 16.3. The standard InChI is InChI=1S/C54H34O/c1-4-18-35(19-5-1)47-34-49-53(46-30-16-17-31-48(46)55-49)54(51(47)37-22-8-3-9-23-37)45-33-32-44(38-24-10-11-25-39(38)45)52-42-28-14-12-26-40(42)50(36-20-6-2-7-21-36)41-27-13-15-29-43(41)52/h1-34H. The highest BCUT2D eigenvalue weighted by Gasteiger charge is 2.25. The van der Waals surface area contributed by atoms with Crippen molar-refractivity contribution in [3.8, 4) is 55.6 Å². The van der Waals surface area contributed by atoms with Crippen LogP contribution in [0.5, 0.6) is 0 Å². The van der Waals surface area contributed by atoms with Crippen molar-refractivity contribution in [3.05, 3.63) is 206 Å². The molecule has 1 heteroatoms. The third-order valence-corrected chi connectivity index (χ3v) is 11.3. The normalized spacial score (nSPS) is 11.6. The molecule has 256 valence electrons. The second-order valence-corrected chi connectivity index (χ2v) is 14.3. The predicted molar refractivity (Wildman–Crippen MR) is 233 cm³/mol. The Kier molecular flexibility index (Phi) is 7.25. The maximum absolute atomic E-state index is 6.72. The van der Waals surface area contributed by atoms with Crippen molar-refractivity contribution < 1.29 is 4.42 Å². The molecule has 10 aromatic carbocycles. The second kappa shape index (κ2) is 12.7. The molecule has 11 rings (SSSR count). The highest BCUT2D eigenvalue weighted by molar-refractivity contribution is 6.26. The SMILES string of the molecule is c1ccc(-c2cc3oc4ccccc4c3c(-c3ccc(-c4c5ccccc5c(-c5ccccc5)c5ccccc45)c4ccccc34)c2-c2ccccc2)cc1. The van der Waals surface area contributed by atoms with Gasteiger partial charge in [-0.3, -0.25) is 0 Å². The van der Waals surface area contributed by atoms with Gasteiger partial charge in [-0.15, -0.1) is 0 Å². The number of fused-ring (bicyclic) bond motifs is 6. The summed E-state index contributed by atoms with van der Waals surface area (Å²) in [5, 5.41) is 9.67. The molecule has 11 aromatic rings. The number of furan rings is 1. The fourth-order valence-electron chi connectivity index (χ4n) is 8.98. The fraction of sp³-hybridized carbons (Fsp3) is 0. The van der Waals surface area contributed by atoms with Crippen molar-refractivity contribution in [1.82, 2.24) is 0 Å². The summed E-state index contributed by atoms with van der Waals surface area (Å²) in [5.41, 5.74) is 13.8. The summed E-state index contributed by atoms with van der Waals surface area (Å²) in [6.07, 6.45) is 0. The quantitative estimate of drug-likeness (QED) is 0.163. The minimum absolute atomic E-state index is 0.886. The van der Waals surface area contributed by atoms with Crippen molar-refractivity contribution in [2.24, 2.45) is 0 Å². The van der Waals surface area contributed by atoms with Gasteiger partial charge in [-0.2, -0.15) is 0 Å². The molecular formula is C54H34O. The molecule has 55 heavy (non-hydrogen) atoms. The summed E-state index contributed by atoms with van der Waals surface area (Å²) in [4.78, 5) is 0. The smallest absolute Gasteiger partial charge is 0.136 e. The van der Waals surface area contributed by atoms with Gasteiger partial charge in [0.2, 0.25) is 0 Å². The van der Waals surface area contributed by atoms with Gasteiger partial charge < -0.3 is 4.42 Å². The van der Waals surface area contributed by atoms with Crippen LogP contribution in [0, 0.1) is 0 Å². The third-order valence-electron chi connectivity index (χ3n) is 11.3. The second-order valence-electron chi connectivity index (χ2n) is 14.3. The molecular weight excluding hydrogens is 665 g/mol. The maximum Gasteiger partial charge on any atom is 0.136 e. The lowest BCUT2D eigenvalue weighted by Crippen LogP contribution is -1.95. The van der Waals surface area contributed by atoms with Crippen LogP contribution in [-0.2, 0) is 0 Å². The zero-order valence-electron chi connectivity index (χ0n) is 30.0. The predicted octanol–water partition coefficient (Wildman–Crippen LogP) is 15.4. The van der Waals surface area contributed by atoms with Crippen LogP contribution in [0.25, 0.3) is 110 Å². The zero-order valence-corrected chi connectivity index (χ0v) is 30.0. The Hall–Kier alpha value is -7.22. The lowest BCUT2D eigenvalue weighted by molar-refractivity contribution is 0.669. The van der Waals surface area contributed by atoms with E-state index in [4.69, 9.17) is 4.42 Å². The fourth-order valence-corrected chi connectivity index (χ4v) is 8.98. The van der Waals surface area contributed by atoms with E-state index in [2.05, 4.69) is 206 Å². The molecule has 0 unspecified atom stereocenters. The maximum atomic E-state index is 6.72. The Morgan fingerprint density at radius 1 is 0.236 bits per heavy atom. The molecule has 0 radical (unpaired) electrons. The first-order valence-electron chi connectivity index (χ1n) is 18.9. The van der Waals surface area contributed by atoms with Gasteiger partial charge in [0.25, 0.3) is 0 Å². The molecule has 0 N–H and O–H groups in total. The third kappa shape index (κ3) is 4.94. The van der Waals surface area contributed by atoms with Gasteiger partial charge in [0.1, 0.15) is 11.2 Å². The average Bonchev–Trinajstić information content (AvgIpc) is 3.64. The van der Waals surface area contributed by atoms with Gasteiger partial charge in [0.15, 0.2) is 0 Å². The summed E-state index contributed by atoms with van der Waals surface area (Å²) in [7, 11) is 0. The Morgan fingerprint density at radius 2 is 0.636 bits per heavy atom.